The Balaban J connectivity index is 1.46. The van der Waals surface area contributed by atoms with E-state index in [1.54, 1.807) is 0 Å². The molecule has 0 spiro atoms. The number of pyridine rings is 1. The van der Waals surface area contributed by atoms with Gasteiger partial charge in [-0.15, -0.1) is 0 Å². The Labute approximate surface area is 210 Å². The summed E-state index contributed by atoms with van der Waals surface area (Å²) in [6, 6.07) is 11.2. The van der Waals surface area contributed by atoms with Crippen LogP contribution in [0, 0.1) is 19.8 Å². The van der Waals surface area contributed by atoms with Crippen molar-refractivity contribution in [3.63, 3.8) is 0 Å². The third-order valence-electron chi connectivity index (χ3n) is 8.33. The van der Waals surface area contributed by atoms with E-state index in [0.29, 0.717) is 12.5 Å². The van der Waals surface area contributed by atoms with Crippen LogP contribution in [0.2, 0.25) is 0 Å². The quantitative estimate of drug-likeness (QED) is 0.403. The lowest BCUT2D eigenvalue weighted by Gasteiger charge is -2.26. The van der Waals surface area contributed by atoms with Crippen molar-refractivity contribution in [1.82, 2.24) is 14.9 Å². The average Bonchev–Trinajstić information content (AvgIpc) is 2.98. The molecule has 186 valence electrons. The highest BCUT2D eigenvalue weighted by molar-refractivity contribution is 5.86. The minimum Gasteiger partial charge on any atom is -0.356 e. The van der Waals surface area contributed by atoms with E-state index in [1.165, 1.54) is 78.3 Å². The number of hydrogen-bond donors (Lipinski definition) is 1. The highest BCUT2D eigenvalue weighted by Gasteiger charge is 2.30. The van der Waals surface area contributed by atoms with Gasteiger partial charge in [-0.1, -0.05) is 49.9 Å². The number of likely N-dealkylation sites (N-methyl/N-ethyl adjacent to an activating group) is 1. The van der Waals surface area contributed by atoms with Gasteiger partial charge in [0.25, 0.3) is 0 Å². The largest absolute Gasteiger partial charge is 0.356 e. The van der Waals surface area contributed by atoms with Crippen molar-refractivity contribution in [3.05, 3.63) is 64.0 Å². The van der Waals surface area contributed by atoms with Crippen LogP contribution in [0.25, 0.3) is 11.0 Å². The normalized spacial score (nSPS) is 17.7. The van der Waals surface area contributed by atoms with Crippen molar-refractivity contribution in [2.24, 2.45) is 5.92 Å². The maximum Gasteiger partial charge on any atom is 0.227 e. The Kier molecular flexibility index (Phi) is 7.27. The SMILES string of the molecule is CCNC(=O)C(c1ccc(Cn2c3c(c4c(C)cc(C)nc42)CCCC3)cc1)C1CCCCCC1. The topological polar surface area (TPSA) is 46.9 Å². The van der Waals surface area contributed by atoms with Crippen LogP contribution in [-0.4, -0.2) is 22.0 Å². The van der Waals surface area contributed by atoms with Crippen molar-refractivity contribution in [3.8, 4) is 0 Å². The predicted octanol–water partition coefficient (Wildman–Crippen LogP) is 6.77. The predicted molar refractivity (Wildman–Crippen MR) is 144 cm³/mol. The van der Waals surface area contributed by atoms with Crippen LogP contribution in [0.3, 0.4) is 0 Å². The van der Waals surface area contributed by atoms with Gasteiger partial charge in [0.1, 0.15) is 5.65 Å². The molecule has 1 atom stereocenters. The van der Waals surface area contributed by atoms with Gasteiger partial charge in [-0.25, -0.2) is 4.98 Å². The molecule has 2 aliphatic rings. The summed E-state index contributed by atoms with van der Waals surface area (Å²) in [6.07, 6.45) is 12.3. The van der Waals surface area contributed by atoms with Crippen molar-refractivity contribution in [2.45, 2.75) is 97.4 Å². The van der Waals surface area contributed by atoms with Crippen LogP contribution in [-0.2, 0) is 24.2 Å². The summed E-state index contributed by atoms with van der Waals surface area (Å²) in [4.78, 5) is 18.2. The molecule has 3 aromatic rings. The lowest BCUT2D eigenvalue weighted by atomic mass is 9.80. The molecule has 1 amide bonds. The number of aromatic nitrogens is 2. The second-order valence-electron chi connectivity index (χ2n) is 10.9. The lowest BCUT2D eigenvalue weighted by Crippen LogP contribution is -2.33. The molecule has 2 aromatic heterocycles. The van der Waals surface area contributed by atoms with Gasteiger partial charge in [0, 0.05) is 29.9 Å². The van der Waals surface area contributed by atoms with E-state index in [-0.39, 0.29) is 11.8 Å². The van der Waals surface area contributed by atoms with Gasteiger partial charge in [0.2, 0.25) is 5.91 Å². The average molecular weight is 472 g/mol. The molecule has 0 aliphatic heterocycles. The molecule has 0 bridgehead atoms. The Hall–Kier alpha value is -2.62. The van der Waals surface area contributed by atoms with E-state index in [1.807, 2.05) is 6.92 Å². The third kappa shape index (κ3) is 4.90. The van der Waals surface area contributed by atoms with Crippen molar-refractivity contribution < 1.29 is 4.79 Å². The number of carbonyl (C=O) groups excluding carboxylic acids is 1. The van der Waals surface area contributed by atoms with Crippen molar-refractivity contribution in [1.29, 1.82) is 0 Å². The number of fused-ring (bicyclic) bond motifs is 3. The van der Waals surface area contributed by atoms with E-state index >= 15 is 0 Å². The molecule has 4 heteroatoms. The zero-order chi connectivity index (χ0) is 24.4. The molecule has 2 aliphatic carbocycles. The smallest absolute Gasteiger partial charge is 0.227 e. The first-order chi connectivity index (χ1) is 17.1. The first-order valence-corrected chi connectivity index (χ1v) is 13.9. The molecule has 1 N–H and O–H groups in total. The fourth-order valence-corrected chi connectivity index (χ4v) is 6.72. The van der Waals surface area contributed by atoms with E-state index in [0.717, 1.165) is 37.1 Å². The van der Waals surface area contributed by atoms with Crippen molar-refractivity contribution >= 4 is 16.9 Å². The molecular weight excluding hydrogens is 430 g/mol. The molecule has 5 rings (SSSR count). The van der Waals surface area contributed by atoms with E-state index in [2.05, 4.69) is 54.1 Å². The zero-order valence-corrected chi connectivity index (χ0v) is 21.8. The van der Waals surface area contributed by atoms with Crippen LogP contribution >= 0.6 is 0 Å². The minimum atomic E-state index is -0.0331. The number of amides is 1. The van der Waals surface area contributed by atoms with Crippen LogP contribution in [0.15, 0.2) is 30.3 Å². The third-order valence-corrected chi connectivity index (χ3v) is 8.33. The van der Waals surface area contributed by atoms with Crippen molar-refractivity contribution in [2.75, 3.05) is 6.54 Å². The Morgan fingerprint density at radius 3 is 2.46 bits per heavy atom. The Morgan fingerprint density at radius 2 is 1.74 bits per heavy atom. The fraction of sp³-hybridized carbons (Fsp3) is 0.548. The molecule has 1 saturated carbocycles. The molecule has 1 unspecified atom stereocenters. The first kappa shape index (κ1) is 24.1. The number of hydrogen-bond acceptors (Lipinski definition) is 2. The summed E-state index contributed by atoms with van der Waals surface area (Å²) in [5, 5.41) is 4.51. The summed E-state index contributed by atoms with van der Waals surface area (Å²) in [5.41, 5.74) is 9.07. The van der Waals surface area contributed by atoms with Gasteiger partial charge in [-0.2, -0.15) is 0 Å². The number of carbonyl (C=O) groups is 1. The van der Waals surface area contributed by atoms with Crippen LogP contribution in [0.1, 0.15) is 97.8 Å². The summed E-state index contributed by atoms with van der Waals surface area (Å²) in [6.45, 7) is 7.90. The van der Waals surface area contributed by atoms with Gasteiger partial charge < -0.3 is 9.88 Å². The van der Waals surface area contributed by atoms with E-state index in [4.69, 9.17) is 4.98 Å². The maximum atomic E-state index is 13.1. The number of nitrogens with one attached hydrogen (secondary N) is 1. The number of rotatable bonds is 6. The van der Waals surface area contributed by atoms with Gasteiger partial charge in [0.15, 0.2) is 0 Å². The molecule has 0 saturated heterocycles. The van der Waals surface area contributed by atoms with Gasteiger partial charge in [0.05, 0.1) is 5.92 Å². The number of aryl methyl sites for hydroxylation is 3. The molecule has 2 heterocycles. The van der Waals surface area contributed by atoms with Gasteiger partial charge in [-0.05, 0) is 93.5 Å². The molecule has 4 nitrogen and oxygen atoms in total. The highest BCUT2D eigenvalue weighted by Crippen LogP contribution is 2.37. The summed E-state index contributed by atoms with van der Waals surface area (Å²) in [7, 11) is 0. The maximum absolute atomic E-state index is 13.1. The monoisotopic (exact) mass is 471 g/mol. The summed E-state index contributed by atoms with van der Waals surface area (Å²) in [5.74, 6) is 0.618. The second kappa shape index (κ2) is 10.6. The molecule has 0 radical (unpaired) electrons. The van der Waals surface area contributed by atoms with E-state index < -0.39 is 0 Å². The number of nitrogens with zero attached hydrogens (tertiary/aromatic N) is 2. The van der Waals surface area contributed by atoms with Crippen LogP contribution in [0.4, 0.5) is 0 Å². The second-order valence-corrected chi connectivity index (χ2v) is 10.9. The van der Waals surface area contributed by atoms with Crippen LogP contribution < -0.4 is 5.32 Å². The van der Waals surface area contributed by atoms with E-state index in [9.17, 15) is 4.79 Å². The fourth-order valence-electron chi connectivity index (χ4n) is 6.72. The minimum absolute atomic E-state index is 0.0331. The highest BCUT2D eigenvalue weighted by atomic mass is 16.1. The lowest BCUT2D eigenvalue weighted by molar-refractivity contribution is -0.123. The Morgan fingerprint density at radius 1 is 1.03 bits per heavy atom. The summed E-state index contributed by atoms with van der Waals surface area (Å²) >= 11 is 0. The molecule has 1 aromatic carbocycles. The Bertz CT molecular complexity index is 1180. The van der Waals surface area contributed by atoms with Gasteiger partial charge in [-0.3, -0.25) is 4.79 Å². The first-order valence-electron chi connectivity index (χ1n) is 13.9. The zero-order valence-electron chi connectivity index (χ0n) is 21.8. The standard InChI is InChI=1S/C31H41N3O/c1-4-32-31(35)29(24-11-7-5-6-8-12-24)25-17-15-23(16-18-25)20-34-27-14-10-9-13-26(27)28-21(2)19-22(3)33-30(28)34/h15-19,24,29H,4-14,20H2,1-3H3,(H,32,35). The molecular formula is C31H41N3O. The molecule has 1 fully saturated rings. The van der Waals surface area contributed by atoms with Gasteiger partial charge >= 0.3 is 0 Å². The number of benzene rings is 1. The summed E-state index contributed by atoms with van der Waals surface area (Å²) < 4.78 is 2.48. The van der Waals surface area contributed by atoms with Crippen LogP contribution in [0.5, 0.6) is 0 Å². The molecule has 35 heavy (non-hydrogen) atoms.